The Kier molecular flexibility index (Phi) is 3.95. The van der Waals surface area contributed by atoms with Crippen molar-refractivity contribution in [1.82, 2.24) is 0 Å². The zero-order chi connectivity index (χ0) is 14.0. The fraction of sp³-hybridized carbons (Fsp3) is 0.562. The third-order valence-corrected chi connectivity index (χ3v) is 4.04. The number of nitrogens with zero attached hydrogens (tertiary/aromatic N) is 1. The number of hydrogen-bond acceptors (Lipinski definition) is 2. The normalized spacial score (nSPS) is 15.4. The maximum Gasteiger partial charge on any atom is 0.232 e. The third-order valence-electron chi connectivity index (χ3n) is 4.04. The van der Waals surface area contributed by atoms with E-state index < -0.39 is 0 Å². The summed E-state index contributed by atoms with van der Waals surface area (Å²) in [5.74, 6) is 0.234. The molecule has 1 aromatic rings. The molecule has 1 amide bonds. The monoisotopic (exact) mass is 260 g/mol. The standard InChI is InChI=1S/C16H24N2O/c1-4-16(2,3)15(19)18(14-9-10-14)13-7-5-12(11-17)6-8-13/h5-8,14H,4,9-11,17H2,1-3H3. The molecule has 0 heterocycles. The van der Waals surface area contributed by atoms with Crippen LogP contribution in [0.15, 0.2) is 24.3 Å². The summed E-state index contributed by atoms with van der Waals surface area (Å²) in [7, 11) is 0. The molecule has 0 saturated heterocycles. The molecule has 3 heteroatoms. The summed E-state index contributed by atoms with van der Waals surface area (Å²) < 4.78 is 0. The Hall–Kier alpha value is -1.35. The van der Waals surface area contributed by atoms with Crippen LogP contribution in [0.2, 0.25) is 0 Å². The smallest absolute Gasteiger partial charge is 0.232 e. The van der Waals surface area contributed by atoms with Gasteiger partial charge in [0.1, 0.15) is 0 Å². The number of carbonyl (C=O) groups excluding carboxylic acids is 1. The van der Waals surface area contributed by atoms with Crippen LogP contribution in [0.1, 0.15) is 45.6 Å². The molecule has 0 radical (unpaired) electrons. The molecule has 2 rings (SSSR count). The second kappa shape index (κ2) is 5.33. The van der Waals surface area contributed by atoms with Crippen molar-refractivity contribution in [2.24, 2.45) is 11.1 Å². The summed E-state index contributed by atoms with van der Waals surface area (Å²) in [6.45, 7) is 6.66. The Bertz CT molecular complexity index is 446. The van der Waals surface area contributed by atoms with E-state index in [0.29, 0.717) is 12.6 Å². The molecular formula is C16H24N2O. The fourth-order valence-corrected chi connectivity index (χ4v) is 2.10. The Morgan fingerprint density at radius 3 is 2.32 bits per heavy atom. The van der Waals surface area contributed by atoms with Gasteiger partial charge < -0.3 is 10.6 Å². The van der Waals surface area contributed by atoms with Gasteiger partial charge in [-0.1, -0.05) is 32.9 Å². The van der Waals surface area contributed by atoms with Crippen LogP contribution in [0, 0.1) is 5.41 Å². The third kappa shape index (κ3) is 2.98. The van der Waals surface area contributed by atoms with E-state index in [1.165, 1.54) is 0 Å². The van der Waals surface area contributed by atoms with E-state index in [0.717, 1.165) is 30.5 Å². The van der Waals surface area contributed by atoms with Gasteiger partial charge in [0.15, 0.2) is 0 Å². The van der Waals surface area contributed by atoms with Gasteiger partial charge >= 0.3 is 0 Å². The number of benzene rings is 1. The molecule has 1 aliphatic rings. The van der Waals surface area contributed by atoms with E-state index in [4.69, 9.17) is 5.73 Å². The van der Waals surface area contributed by atoms with Crippen molar-refractivity contribution in [2.75, 3.05) is 4.90 Å². The van der Waals surface area contributed by atoms with Gasteiger partial charge in [0.05, 0.1) is 0 Å². The topological polar surface area (TPSA) is 46.3 Å². The first kappa shape index (κ1) is 14.1. The van der Waals surface area contributed by atoms with Gasteiger partial charge in [0.2, 0.25) is 5.91 Å². The highest BCUT2D eigenvalue weighted by Gasteiger charge is 2.39. The van der Waals surface area contributed by atoms with Crippen LogP contribution in [0.25, 0.3) is 0 Å². The average molecular weight is 260 g/mol. The van der Waals surface area contributed by atoms with Gasteiger partial charge in [-0.25, -0.2) is 0 Å². The second-order valence-corrected chi connectivity index (χ2v) is 6.01. The van der Waals surface area contributed by atoms with Crippen LogP contribution < -0.4 is 10.6 Å². The van der Waals surface area contributed by atoms with Crippen molar-refractivity contribution in [3.05, 3.63) is 29.8 Å². The average Bonchev–Trinajstić information content (AvgIpc) is 3.24. The molecule has 2 N–H and O–H groups in total. The van der Waals surface area contributed by atoms with Crippen LogP contribution in [-0.2, 0) is 11.3 Å². The number of hydrogen-bond donors (Lipinski definition) is 1. The number of rotatable bonds is 5. The molecule has 1 fully saturated rings. The molecule has 1 saturated carbocycles. The SMILES string of the molecule is CCC(C)(C)C(=O)N(c1ccc(CN)cc1)C1CC1. The van der Waals surface area contributed by atoms with Gasteiger partial charge in [-0.05, 0) is 37.0 Å². The zero-order valence-electron chi connectivity index (χ0n) is 12.1. The lowest BCUT2D eigenvalue weighted by atomic mass is 9.88. The largest absolute Gasteiger partial charge is 0.326 e. The summed E-state index contributed by atoms with van der Waals surface area (Å²) in [5, 5.41) is 0. The van der Waals surface area contributed by atoms with Gasteiger partial charge in [-0.3, -0.25) is 4.79 Å². The van der Waals surface area contributed by atoms with Crippen molar-refractivity contribution >= 4 is 11.6 Å². The van der Waals surface area contributed by atoms with E-state index in [1.54, 1.807) is 0 Å². The van der Waals surface area contributed by atoms with Crippen molar-refractivity contribution < 1.29 is 4.79 Å². The minimum Gasteiger partial charge on any atom is -0.326 e. The summed E-state index contributed by atoms with van der Waals surface area (Å²) in [6.07, 6.45) is 3.09. The lowest BCUT2D eigenvalue weighted by molar-refractivity contribution is -0.126. The summed E-state index contributed by atoms with van der Waals surface area (Å²) in [6, 6.07) is 8.45. The first-order chi connectivity index (χ1) is 8.99. The number of amides is 1. The Morgan fingerprint density at radius 2 is 1.89 bits per heavy atom. The predicted molar refractivity (Wildman–Crippen MR) is 78.9 cm³/mol. The molecule has 1 aliphatic carbocycles. The van der Waals surface area contributed by atoms with Crippen molar-refractivity contribution in [3.8, 4) is 0 Å². The highest BCUT2D eigenvalue weighted by molar-refractivity contribution is 5.98. The minimum atomic E-state index is -0.296. The summed E-state index contributed by atoms with van der Waals surface area (Å²) in [5.41, 5.74) is 7.43. The lowest BCUT2D eigenvalue weighted by Crippen LogP contribution is -2.42. The van der Waals surface area contributed by atoms with Gasteiger partial charge in [-0.15, -0.1) is 0 Å². The molecule has 3 nitrogen and oxygen atoms in total. The maximum absolute atomic E-state index is 12.7. The van der Waals surface area contributed by atoms with Crippen molar-refractivity contribution in [1.29, 1.82) is 0 Å². The summed E-state index contributed by atoms with van der Waals surface area (Å²) in [4.78, 5) is 14.7. The van der Waals surface area contributed by atoms with E-state index in [9.17, 15) is 4.79 Å². The van der Waals surface area contributed by atoms with E-state index in [2.05, 4.69) is 6.92 Å². The number of anilines is 1. The van der Waals surface area contributed by atoms with Crippen LogP contribution >= 0.6 is 0 Å². The first-order valence-corrected chi connectivity index (χ1v) is 7.12. The van der Waals surface area contributed by atoms with Gasteiger partial charge in [0, 0.05) is 23.7 Å². The summed E-state index contributed by atoms with van der Waals surface area (Å²) >= 11 is 0. The van der Waals surface area contributed by atoms with Gasteiger partial charge in [-0.2, -0.15) is 0 Å². The molecule has 0 atom stereocenters. The lowest BCUT2D eigenvalue weighted by Gasteiger charge is -2.31. The molecule has 104 valence electrons. The number of carbonyl (C=O) groups is 1. The quantitative estimate of drug-likeness (QED) is 0.884. The minimum absolute atomic E-state index is 0.234. The Balaban J connectivity index is 2.27. The predicted octanol–water partition coefficient (Wildman–Crippen LogP) is 3.08. The second-order valence-electron chi connectivity index (χ2n) is 6.01. The van der Waals surface area contributed by atoms with E-state index >= 15 is 0 Å². The molecule has 1 aromatic carbocycles. The Labute approximate surface area is 115 Å². The zero-order valence-corrected chi connectivity index (χ0v) is 12.1. The molecule has 0 aromatic heterocycles. The van der Waals surface area contributed by atoms with Crippen LogP contribution in [-0.4, -0.2) is 11.9 Å². The van der Waals surface area contributed by atoms with E-state index in [-0.39, 0.29) is 11.3 Å². The Morgan fingerprint density at radius 1 is 1.32 bits per heavy atom. The molecule has 0 unspecified atom stereocenters. The maximum atomic E-state index is 12.7. The number of nitrogens with two attached hydrogens (primary N) is 1. The highest BCUT2D eigenvalue weighted by atomic mass is 16.2. The van der Waals surface area contributed by atoms with Crippen LogP contribution in [0.5, 0.6) is 0 Å². The van der Waals surface area contributed by atoms with Crippen molar-refractivity contribution in [3.63, 3.8) is 0 Å². The molecule has 0 spiro atoms. The first-order valence-electron chi connectivity index (χ1n) is 7.12. The van der Waals surface area contributed by atoms with Gasteiger partial charge in [0.25, 0.3) is 0 Å². The van der Waals surface area contributed by atoms with E-state index in [1.807, 2.05) is 43.0 Å². The molecule has 0 bridgehead atoms. The van der Waals surface area contributed by atoms with Crippen LogP contribution in [0.3, 0.4) is 0 Å². The molecule has 19 heavy (non-hydrogen) atoms. The fourth-order valence-electron chi connectivity index (χ4n) is 2.10. The molecule has 0 aliphatic heterocycles. The molecular weight excluding hydrogens is 236 g/mol. The highest BCUT2D eigenvalue weighted by Crippen LogP contribution is 2.36. The van der Waals surface area contributed by atoms with Crippen molar-refractivity contribution in [2.45, 2.75) is 52.6 Å². The van der Waals surface area contributed by atoms with Crippen LogP contribution in [0.4, 0.5) is 5.69 Å².